The SMILES string of the molecule is C=C(C)c1cc(N)cc(C2=CCNCC2)n1. The van der Waals surface area contributed by atoms with Crippen LogP contribution in [0, 0.1) is 0 Å². The highest BCUT2D eigenvalue weighted by atomic mass is 14.9. The van der Waals surface area contributed by atoms with E-state index in [9.17, 15) is 0 Å². The molecule has 1 aromatic rings. The molecule has 0 saturated heterocycles. The second kappa shape index (κ2) is 4.49. The molecule has 0 unspecified atom stereocenters. The molecule has 0 saturated carbocycles. The zero-order valence-corrected chi connectivity index (χ0v) is 9.59. The summed E-state index contributed by atoms with van der Waals surface area (Å²) in [5.41, 5.74) is 10.7. The van der Waals surface area contributed by atoms with Gasteiger partial charge >= 0.3 is 0 Å². The molecular formula is C13H17N3. The number of anilines is 1. The summed E-state index contributed by atoms with van der Waals surface area (Å²) in [5.74, 6) is 0. The summed E-state index contributed by atoms with van der Waals surface area (Å²) in [6.07, 6.45) is 3.18. The third kappa shape index (κ3) is 2.31. The van der Waals surface area contributed by atoms with Crippen molar-refractivity contribution in [1.82, 2.24) is 10.3 Å². The summed E-state index contributed by atoms with van der Waals surface area (Å²) in [6.45, 7) is 7.77. The Morgan fingerprint density at radius 1 is 1.50 bits per heavy atom. The Labute approximate surface area is 96.1 Å². The molecule has 2 rings (SSSR count). The number of nitrogens with two attached hydrogens (primary N) is 1. The second-order valence-corrected chi connectivity index (χ2v) is 4.13. The Balaban J connectivity index is 2.40. The van der Waals surface area contributed by atoms with Crippen molar-refractivity contribution in [3.8, 4) is 0 Å². The normalized spacial score (nSPS) is 15.7. The minimum absolute atomic E-state index is 0.752. The van der Waals surface area contributed by atoms with Gasteiger partial charge in [0.25, 0.3) is 0 Å². The highest BCUT2D eigenvalue weighted by Crippen LogP contribution is 2.22. The summed E-state index contributed by atoms with van der Waals surface area (Å²) in [5, 5.41) is 3.28. The summed E-state index contributed by atoms with van der Waals surface area (Å²) in [7, 11) is 0. The Kier molecular flexibility index (Phi) is 3.06. The first kappa shape index (κ1) is 10.9. The fourth-order valence-electron chi connectivity index (χ4n) is 1.79. The number of hydrogen-bond acceptors (Lipinski definition) is 3. The maximum Gasteiger partial charge on any atom is 0.0687 e. The van der Waals surface area contributed by atoms with Crippen LogP contribution < -0.4 is 11.1 Å². The molecule has 1 aromatic heterocycles. The van der Waals surface area contributed by atoms with Crippen molar-refractivity contribution in [2.24, 2.45) is 0 Å². The van der Waals surface area contributed by atoms with Crippen LogP contribution in [0.5, 0.6) is 0 Å². The minimum Gasteiger partial charge on any atom is -0.399 e. The maximum atomic E-state index is 5.88. The van der Waals surface area contributed by atoms with E-state index in [4.69, 9.17) is 5.73 Å². The van der Waals surface area contributed by atoms with Crippen molar-refractivity contribution in [3.05, 3.63) is 36.2 Å². The smallest absolute Gasteiger partial charge is 0.0687 e. The highest BCUT2D eigenvalue weighted by molar-refractivity contribution is 5.70. The molecule has 2 heterocycles. The third-order valence-electron chi connectivity index (χ3n) is 2.68. The lowest BCUT2D eigenvalue weighted by Gasteiger charge is -2.14. The van der Waals surface area contributed by atoms with Crippen LogP contribution >= 0.6 is 0 Å². The number of hydrogen-bond donors (Lipinski definition) is 2. The van der Waals surface area contributed by atoms with Crippen LogP contribution in [0.15, 0.2) is 24.8 Å². The predicted molar refractivity (Wildman–Crippen MR) is 68.8 cm³/mol. The van der Waals surface area contributed by atoms with Gasteiger partial charge in [-0.3, -0.25) is 0 Å². The number of rotatable bonds is 2. The van der Waals surface area contributed by atoms with Crippen molar-refractivity contribution in [2.45, 2.75) is 13.3 Å². The monoisotopic (exact) mass is 215 g/mol. The highest BCUT2D eigenvalue weighted by Gasteiger charge is 2.09. The van der Waals surface area contributed by atoms with Gasteiger partial charge in [-0.2, -0.15) is 0 Å². The van der Waals surface area contributed by atoms with Gasteiger partial charge in [-0.25, -0.2) is 4.98 Å². The number of nitrogens with one attached hydrogen (secondary N) is 1. The minimum atomic E-state index is 0.752. The van der Waals surface area contributed by atoms with Gasteiger partial charge in [-0.1, -0.05) is 12.7 Å². The van der Waals surface area contributed by atoms with Gasteiger partial charge in [0.2, 0.25) is 0 Å². The molecule has 0 amide bonds. The van der Waals surface area contributed by atoms with Crippen molar-refractivity contribution in [1.29, 1.82) is 0 Å². The molecule has 0 spiro atoms. The summed E-state index contributed by atoms with van der Waals surface area (Å²) in [6, 6.07) is 3.80. The molecule has 3 heteroatoms. The van der Waals surface area contributed by atoms with E-state index in [1.807, 2.05) is 19.1 Å². The second-order valence-electron chi connectivity index (χ2n) is 4.13. The van der Waals surface area contributed by atoms with Crippen LogP contribution in [-0.4, -0.2) is 18.1 Å². The van der Waals surface area contributed by atoms with E-state index in [0.717, 1.165) is 42.2 Å². The molecule has 3 nitrogen and oxygen atoms in total. The van der Waals surface area contributed by atoms with Crippen molar-refractivity contribution < 1.29 is 0 Å². The molecule has 0 aromatic carbocycles. The fourth-order valence-corrected chi connectivity index (χ4v) is 1.79. The topological polar surface area (TPSA) is 50.9 Å². The fraction of sp³-hybridized carbons (Fsp3) is 0.308. The van der Waals surface area contributed by atoms with Gasteiger partial charge in [0.15, 0.2) is 0 Å². The van der Waals surface area contributed by atoms with Gasteiger partial charge < -0.3 is 11.1 Å². The molecule has 84 valence electrons. The first-order valence-electron chi connectivity index (χ1n) is 5.50. The number of allylic oxidation sites excluding steroid dienone is 1. The molecule has 1 aliphatic rings. The maximum absolute atomic E-state index is 5.88. The molecule has 0 aliphatic carbocycles. The van der Waals surface area contributed by atoms with Gasteiger partial charge in [0.05, 0.1) is 11.4 Å². The number of aromatic nitrogens is 1. The standard InChI is InChI=1S/C13H17N3/c1-9(2)12-7-11(14)8-13(16-12)10-3-5-15-6-4-10/h3,7-8,15H,1,4-6H2,2H3,(H2,14,16). The van der Waals surface area contributed by atoms with Crippen molar-refractivity contribution in [2.75, 3.05) is 18.8 Å². The lowest BCUT2D eigenvalue weighted by atomic mass is 10.0. The van der Waals surface area contributed by atoms with Crippen LogP contribution in [0.1, 0.15) is 24.7 Å². The van der Waals surface area contributed by atoms with E-state index in [2.05, 4.69) is 23.0 Å². The van der Waals surface area contributed by atoms with Crippen molar-refractivity contribution >= 4 is 16.8 Å². The van der Waals surface area contributed by atoms with Gasteiger partial charge in [0.1, 0.15) is 0 Å². The molecular weight excluding hydrogens is 198 g/mol. The number of nitrogen functional groups attached to an aromatic ring is 1. The Morgan fingerprint density at radius 3 is 2.94 bits per heavy atom. The number of pyridine rings is 1. The van der Waals surface area contributed by atoms with E-state index in [1.165, 1.54) is 5.57 Å². The molecule has 16 heavy (non-hydrogen) atoms. The Morgan fingerprint density at radius 2 is 2.31 bits per heavy atom. The summed E-state index contributed by atoms with van der Waals surface area (Å²) >= 11 is 0. The first-order valence-corrected chi connectivity index (χ1v) is 5.50. The van der Waals surface area contributed by atoms with Crippen LogP contribution in [-0.2, 0) is 0 Å². The lowest BCUT2D eigenvalue weighted by molar-refractivity contribution is 0.737. The molecule has 1 aliphatic heterocycles. The van der Waals surface area contributed by atoms with Crippen LogP contribution in [0.25, 0.3) is 11.1 Å². The zero-order valence-electron chi connectivity index (χ0n) is 9.59. The summed E-state index contributed by atoms with van der Waals surface area (Å²) < 4.78 is 0. The van der Waals surface area contributed by atoms with E-state index >= 15 is 0 Å². The Bertz CT molecular complexity index is 446. The summed E-state index contributed by atoms with van der Waals surface area (Å²) in [4.78, 5) is 4.58. The molecule has 3 N–H and O–H groups in total. The van der Waals surface area contributed by atoms with Gasteiger partial charge in [-0.15, -0.1) is 0 Å². The van der Waals surface area contributed by atoms with Crippen LogP contribution in [0.4, 0.5) is 5.69 Å². The van der Waals surface area contributed by atoms with E-state index in [-0.39, 0.29) is 0 Å². The van der Waals surface area contributed by atoms with Crippen molar-refractivity contribution in [3.63, 3.8) is 0 Å². The Hall–Kier alpha value is -1.61. The van der Waals surface area contributed by atoms with E-state index in [0.29, 0.717) is 0 Å². The lowest BCUT2D eigenvalue weighted by Crippen LogP contribution is -2.20. The molecule has 0 bridgehead atoms. The number of nitrogens with zero attached hydrogens (tertiary/aromatic N) is 1. The average molecular weight is 215 g/mol. The van der Waals surface area contributed by atoms with Gasteiger partial charge in [-0.05, 0) is 43.2 Å². The zero-order chi connectivity index (χ0) is 11.5. The van der Waals surface area contributed by atoms with Crippen LogP contribution in [0.2, 0.25) is 0 Å². The largest absolute Gasteiger partial charge is 0.399 e. The van der Waals surface area contributed by atoms with E-state index < -0.39 is 0 Å². The molecule has 0 atom stereocenters. The first-order chi connectivity index (χ1) is 7.66. The molecule has 0 fully saturated rings. The van der Waals surface area contributed by atoms with E-state index in [1.54, 1.807) is 0 Å². The van der Waals surface area contributed by atoms with Gasteiger partial charge in [0, 0.05) is 12.2 Å². The average Bonchev–Trinajstić information content (AvgIpc) is 2.29. The quantitative estimate of drug-likeness (QED) is 0.794. The third-order valence-corrected chi connectivity index (χ3v) is 2.68. The predicted octanol–water partition coefficient (Wildman–Crippen LogP) is 2.07. The molecule has 0 radical (unpaired) electrons. The van der Waals surface area contributed by atoms with Crippen LogP contribution in [0.3, 0.4) is 0 Å².